The normalized spacial score (nSPS) is 11.1. The summed E-state index contributed by atoms with van der Waals surface area (Å²) < 4.78 is 2.05. The van der Waals surface area contributed by atoms with Gasteiger partial charge in [0.05, 0.1) is 34.8 Å². The molecule has 0 atom stereocenters. The van der Waals surface area contributed by atoms with Crippen LogP contribution < -0.4 is 0 Å². The zero-order valence-electron chi connectivity index (χ0n) is 18.4. The van der Waals surface area contributed by atoms with Gasteiger partial charge >= 0.3 is 0 Å². The van der Waals surface area contributed by atoms with E-state index in [0.29, 0.717) is 36.1 Å². The van der Waals surface area contributed by atoms with Crippen molar-refractivity contribution in [3.63, 3.8) is 0 Å². The summed E-state index contributed by atoms with van der Waals surface area (Å²) in [6.45, 7) is 1.32. The molecule has 0 aliphatic carbocycles. The lowest BCUT2D eigenvalue weighted by Crippen LogP contribution is -2.28. The monoisotopic (exact) mass is 488 g/mol. The summed E-state index contributed by atoms with van der Waals surface area (Å²) in [6, 6.07) is 21.2. The summed E-state index contributed by atoms with van der Waals surface area (Å²) in [6.07, 6.45) is 7.52. The van der Waals surface area contributed by atoms with Crippen LogP contribution in [-0.4, -0.2) is 20.4 Å². The van der Waals surface area contributed by atoms with E-state index in [-0.39, 0.29) is 5.91 Å². The number of benzene rings is 2. The van der Waals surface area contributed by atoms with E-state index in [1.807, 2.05) is 65.4 Å². The molecule has 0 fully saturated rings. The minimum absolute atomic E-state index is 0.148. The average Bonchev–Trinajstić information content (AvgIpc) is 3.21. The number of hydrogen-bond donors (Lipinski definition) is 0. The third-order valence-electron chi connectivity index (χ3n) is 5.44. The number of rotatable bonds is 8. The van der Waals surface area contributed by atoms with Crippen molar-refractivity contribution in [3.05, 3.63) is 106 Å². The zero-order chi connectivity index (χ0) is 23.9. The van der Waals surface area contributed by atoms with Gasteiger partial charge in [-0.2, -0.15) is 5.26 Å². The Labute approximate surface area is 208 Å². The Bertz CT molecular complexity index is 1370. The minimum Gasteiger partial charge on any atom is -0.346 e. The molecule has 2 aromatic heterocycles. The molecule has 0 saturated carbocycles. The molecule has 4 aromatic rings. The van der Waals surface area contributed by atoms with Gasteiger partial charge in [0.25, 0.3) is 0 Å². The van der Waals surface area contributed by atoms with Gasteiger partial charge < -0.3 is 9.47 Å². The van der Waals surface area contributed by atoms with E-state index >= 15 is 0 Å². The second kappa shape index (κ2) is 11.0. The maximum absolute atomic E-state index is 13.3. The molecule has 0 unspecified atom stereocenters. The van der Waals surface area contributed by atoms with Crippen molar-refractivity contribution in [1.29, 1.82) is 5.26 Å². The number of aryl methyl sites for hydroxylation is 1. The molecule has 34 heavy (non-hydrogen) atoms. The van der Waals surface area contributed by atoms with E-state index in [1.54, 1.807) is 29.3 Å². The van der Waals surface area contributed by atoms with Crippen LogP contribution in [0.4, 0.5) is 0 Å². The highest BCUT2D eigenvalue weighted by Gasteiger charge is 2.14. The second-order valence-corrected chi connectivity index (χ2v) is 8.61. The summed E-state index contributed by atoms with van der Waals surface area (Å²) in [5.74, 6) is -0.148. The maximum atomic E-state index is 13.3. The third-order valence-corrected chi connectivity index (χ3v) is 6.18. The molecule has 2 aromatic carbocycles. The van der Waals surface area contributed by atoms with Crippen LogP contribution >= 0.6 is 23.2 Å². The first-order valence-corrected chi connectivity index (χ1v) is 11.6. The standard InChI is InChI=1S/C27H22Cl2N4O/c28-24-11-9-20(16-25(24)29)17-33(19-22-6-3-4-14-31-22)27(34)12-10-21-18-32(15-5-13-30)26-8-2-1-7-23(21)26/h1-4,6-12,14,16,18H,5,15,17,19H2/b12-10+. The Hall–Kier alpha value is -3.59. The molecule has 170 valence electrons. The van der Waals surface area contributed by atoms with Crippen molar-refractivity contribution < 1.29 is 4.79 Å². The van der Waals surface area contributed by atoms with Crippen LogP contribution in [0.1, 0.15) is 23.2 Å². The van der Waals surface area contributed by atoms with Gasteiger partial charge in [-0.25, -0.2) is 0 Å². The van der Waals surface area contributed by atoms with Crippen LogP contribution in [-0.2, 0) is 24.4 Å². The lowest BCUT2D eigenvalue weighted by molar-refractivity contribution is -0.127. The maximum Gasteiger partial charge on any atom is 0.247 e. The van der Waals surface area contributed by atoms with Gasteiger partial charge in [-0.3, -0.25) is 9.78 Å². The van der Waals surface area contributed by atoms with Crippen LogP contribution in [0, 0.1) is 11.3 Å². The molecule has 5 nitrogen and oxygen atoms in total. The fraction of sp³-hybridized carbons (Fsp3) is 0.148. The number of carbonyl (C=O) groups excluding carboxylic acids is 1. The molecule has 4 rings (SSSR count). The molecule has 0 aliphatic heterocycles. The second-order valence-electron chi connectivity index (χ2n) is 7.80. The highest BCUT2D eigenvalue weighted by atomic mass is 35.5. The number of amides is 1. The van der Waals surface area contributed by atoms with Crippen molar-refractivity contribution in [1.82, 2.24) is 14.5 Å². The molecule has 0 aliphatic rings. The Balaban J connectivity index is 1.61. The van der Waals surface area contributed by atoms with E-state index in [4.69, 9.17) is 28.5 Å². The van der Waals surface area contributed by atoms with Gasteiger partial charge in [0.15, 0.2) is 0 Å². The van der Waals surface area contributed by atoms with Gasteiger partial charge in [0, 0.05) is 48.0 Å². The van der Waals surface area contributed by atoms with Crippen LogP contribution in [0.25, 0.3) is 17.0 Å². The van der Waals surface area contributed by atoms with Crippen LogP contribution in [0.5, 0.6) is 0 Å². The lowest BCUT2D eigenvalue weighted by atomic mass is 10.1. The van der Waals surface area contributed by atoms with Gasteiger partial charge in [-0.05, 0) is 42.0 Å². The summed E-state index contributed by atoms with van der Waals surface area (Å²) >= 11 is 12.2. The predicted octanol–water partition coefficient (Wildman–Crippen LogP) is 6.50. The molecule has 0 spiro atoms. The number of para-hydroxylation sites is 1. The van der Waals surface area contributed by atoms with Gasteiger partial charge in [-0.1, -0.05) is 53.5 Å². The Morgan fingerprint density at radius 3 is 2.65 bits per heavy atom. The van der Waals surface area contributed by atoms with Crippen molar-refractivity contribution in [3.8, 4) is 6.07 Å². The first-order chi connectivity index (χ1) is 16.5. The molecule has 1 amide bonds. The number of nitriles is 1. The van der Waals surface area contributed by atoms with E-state index in [9.17, 15) is 4.79 Å². The first kappa shape index (κ1) is 23.6. The predicted molar refractivity (Wildman–Crippen MR) is 136 cm³/mol. The topological polar surface area (TPSA) is 61.9 Å². The Kier molecular flexibility index (Phi) is 7.64. The molecule has 0 N–H and O–H groups in total. The highest BCUT2D eigenvalue weighted by Crippen LogP contribution is 2.25. The fourth-order valence-electron chi connectivity index (χ4n) is 3.79. The number of halogens is 2. The number of carbonyl (C=O) groups is 1. The van der Waals surface area contributed by atoms with Crippen LogP contribution in [0.15, 0.2) is 79.1 Å². The molecule has 0 saturated heterocycles. The van der Waals surface area contributed by atoms with E-state index in [1.165, 1.54) is 0 Å². The Morgan fingerprint density at radius 2 is 1.88 bits per heavy atom. The van der Waals surface area contributed by atoms with Crippen molar-refractivity contribution in [2.24, 2.45) is 0 Å². The Morgan fingerprint density at radius 1 is 1.06 bits per heavy atom. The van der Waals surface area contributed by atoms with Crippen molar-refractivity contribution in [2.75, 3.05) is 0 Å². The van der Waals surface area contributed by atoms with Crippen LogP contribution in [0.3, 0.4) is 0 Å². The summed E-state index contributed by atoms with van der Waals surface area (Å²) in [5.41, 5.74) is 3.62. The number of aromatic nitrogens is 2. The number of nitrogens with zero attached hydrogens (tertiary/aromatic N) is 4. The molecular formula is C27H22Cl2N4O. The average molecular weight is 489 g/mol. The van der Waals surface area contributed by atoms with Gasteiger partial charge in [0.1, 0.15) is 0 Å². The van der Waals surface area contributed by atoms with Crippen molar-refractivity contribution in [2.45, 2.75) is 26.1 Å². The highest BCUT2D eigenvalue weighted by molar-refractivity contribution is 6.42. The van der Waals surface area contributed by atoms with E-state index < -0.39 is 0 Å². The minimum atomic E-state index is -0.148. The summed E-state index contributed by atoms with van der Waals surface area (Å²) in [5, 5.41) is 10.9. The van der Waals surface area contributed by atoms with E-state index in [2.05, 4.69) is 11.1 Å². The van der Waals surface area contributed by atoms with Gasteiger partial charge in [0.2, 0.25) is 5.91 Å². The summed E-state index contributed by atoms with van der Waals surface area (Å²) in [4.78, 5) is 19.4. The van der Waals surface area contributed by atoms with Crippen LogP contribution in [0.2, 0.25) is 10.0 Å². The molecule has 0 bridgehead atoms. The quantitative estimate of drug-likeness (QED) is 0.266. The third kappa shape index (κ3) is 5.66. The molecular weight excluding hydrogens is 467 g/mol. The summed E-state index contributed by atoms with van der Waals surface area (Å²) in [7, 11) is 0. The number of pyridine rings is 1. The SMILES string of the molecule is N#CCCn1cc(/C=C/C(=O)N(Cc2ccc(Cl)c(Cl)c2)Cc2ccccn2)c2ccccc21. The number of fused-ring (bicyclic) bond motifs is 1. The lowest BCUT2D eigenvalue weighted by Gasteiger charge is -2.21. The van der Waals surface area contributed by atoms with E-state index in [0.717, 1.165) is 27.7 Å². The van der Waals surface area contributed by atoms with Gasteiger partial charge in [-0.15, -0.1) is 0 Å². The first-order valence-electron chi connectivity index (χ1n) is 10.8. The molecule has 2 heterocycles. The number of hydrogen-bond acceptors (Lipinski definition) is 3. The van der Waals surface area contributed by atoms with Crippen molar-refractivity contribution >= 4 is 46.1 Å². The largest absolute Gasteiger partial charge is 0.346 e. The molecule has 0 radical (unpaired) electrons. The molecule has 7 heteroatoms. The fourth-order valence-corrected chi connectivity index (χ4v) is 4.11. The zero-order valence-corrected chi connectivity index (χ0v) is 19.9. The smallest absolute Gasteiger partial charge is 0.247 e.